The van der Waals surface area contributed by atoms with Crippen molar-refractivity contribution < 1.29 is 23.1 Å². The number of hydrogen-bond donors (Lipinski definition) is 1. The van der Waals surface area contributed by atoms with Crippen molar-refractivity contribution >= 4 is 24.7 Å². The molecule has 2 aromatic rings. The molecule has 0 radical (unpaired) electrons. The summed E-state index contributed by atoms with van der Waals surface area (Å²) in [6.07, 6.45) is -0.643. The van der Waals surface area contributed by atoms with Crippen LogP contribution in [0.3, 0.4) is 0 Å². The van der Waals surface area contributed by atoms with Crippen LogP contribution >= 0.6 is 7.60 Å². The molecule has 134 valence electrons. The molecule has 0 fully saturated rings. The molecule has 0 heterocycles. The molecule has 1 N–H and O–H groups in total. The van der Waals surface area contributed by atoms with Crippen LogP contribution in [0.15, 0.2) is 54.6 Å². The first-order valence-corrected chi connectivity index (χ1v) is 9.59. The Kier molecular flexibility index (Phi) is 7.19. The second-order valence-electron chi connectivity index (χ2n) is 5.04. The Morgan fingerprint density at radius 3 is 2.20 bits per heavy atom. The molecule has 0 aliphatic carbocycles. The number of amides is 1. The van der Waals surface area contributed by atoms with Crippen molar-refractivity contribution in [3.05, 3.63) is 60.2 Å². The lowest BCUT2D eigenvalue weighted by Crippen LogP contribution is -2.21. The standard InChI is InChI=1S/C18H22NO5P/c1-3-23-25(21,24-4-2)17-13-9-8-12-16(17)19-18(20)22-14-15-10-6-5-7-11-15/h5-13H,3-4,14H2,1-2H3,(H,19,20). The fourth-order valence-corrected chi connectivity index (χ4v) is 3.93. The smallest absolute Gasteiger partial charge is 0.411 e. The van der Waals surface area contributed by atoms with E-state index in [9.17, 15) is 9.36 Å². The molecule has 25 heavy (non-hydrogen) atoms. The van der Waals surface area contributed by atoms with Gasteiger partial charge in [-0.3, -0.25) is 9.88 Å². The van der Waals surface area contributed by atoms with E-state index >= 15 is 0 Å². The zero-order valence-electron chi connectivity index (χ0n) is 14.3. The Morgan fingerprint density at radius 1 is 0.960 bits per heavy atom. The van der Waals surface area contributed by atoms with Crippen LogP contribution in [0.4, 0.5) is 10.5 Å². The number of anilines is 1. The molecule has 0 spiro atoms. The maximum Gasteiger partial charge on any atom is 0.411 e. The summed E-state index contributed by atoms with van der Waals surface area (Å²) < 4.78 is 28.9. The minimum absolute atomic E-state index is 0.142. The third-order valence-corrected chi connectivity index (χ3v) is 5.42. The summed E-state index contributed by atoms with van der Waals surface area (Å²) in [4.78, 5) is 12.1. The molecule has 2 rings (SSSR count). The van der Waals surface area contributed by atoms with Crippen LogP contribution in [0, 0.1) is 0 Å². The number of nitrogens with one attached hydrogen (secondary N) is 1. The topological polar surface area (TPSA) is 73.9 Å². The highest BCUT2D eigenvalue weighted by molar-refractivity contribution is 7.62. The van der Waals surface area contributed by atoms with Gasteiger partial charge in [0.05, 0.1) is 24.2 Å². The third kappa shape index (κ3) is 5.43. The van der Waals surface area contributed by atoms with Crippen molar-refractivity contribution in [2.45, 2.75) is 20.5 Å². The summed E-state index contributed by atoms with van der Waals surface area (Å²) in [5.74, 6) is 0. The number of benzene rings is 2. The summed E-state index contributed by atoms with van der Waals surface area (Å²) in [7, 11) is -3.51. The van der Waals surface area contributed by atoms with E-state index in [-0.39, 0.29) is 19.8 Å². The van der Waals surface area contributed by atoms with Gasteiger partial charge in [0.2, 0.25) is 0 Å². The van der Waals surface area contributed by atoms with E-state index in [2.05, 4.69) is 5.32 Å². The zero-order valence-corrected chi connectivity index (χ0v) is 15.2. The Morgan fingerprint density at radius 2 is 1.56 bits per heavy atom. The number of carbonyl (C=O) groups excluding carboxylic acids is 1. The van der Waals surface area contributed by atoms with Crippen molar-refractivity contribution in [2.75, 3.05) is 18.5 Å². The molecular weight excluding hydrogens is 341 g/mol. The molecule has 0 aromatic heterocycles. The van der Waals surface area contributed by atoms with Gasteiger partial charge in [0, 0.05) is 0 Å². The molecule has 0 aliphatic heterocycles. The van der Waals surface area contributed by atoms with Gasteiger partial charge in [-0.05, 0) is 31.5 Å². The lowest BCUT2D eigenvalue weighted by Gasteiger charge is -2.20. The Bertz CT molecular complexity index is 725. The van der Waals surface area contributed by atoms with E-state index in [1.807, 2.05) is 30.3 Å². The second kappa shape index (κ2) is 9.37. The number of carbonyl (C=O) groups is 1. The minimum Gasteiger partial charge on any atom is -0.444 e. The lowest BCUT2D eigenvalue weighted by molar-refractivity contribution is 0.155. The first-order chi connectivity index (χ1) is 12.1. The van der Waals surface area contributed by atoms with Gasteiger partial charge < -0.3 is 13.8 Å². The van der Waals surface area contributed by atoms with E-state index in [4.69, 9.17) is 13.8 Å². The van der Waals surface area contributed by atoms with E-state index < -0.39 is 13.7 Å². The molecule has 1 amide bonds. The van der Waals surface area contributed by atoms with E-state index in [1.54, 1.807) is 38.1 Å². The van der Waals surface area contributed by atoms with Crippen LogP contribution in [0.2, 0.25) is 0 Å². The number of para-hydroxylation sites is 1. The Balaban J connectivity index is 2.11. The van der Waals surface area contributed by atoms with Crippen molar-refractivity contribution in [3.8, 4) is 0 Å². The van der Waals surface area contributed by atoms with E-state index in [0.29, 0.717) is 11.0 Å². The zero-order chi connectivity index (χ0) is 18.1. The predicted octanol–water partition coefficient (Wildman–Crippen LogP) is 4.33. The summed E-state index contributed by atoms with van der Waals surface area (Å²) in [5.41, 5.74) is 1.21. The van der Waals surface area contributed by atoms with Gasteiger partial charge in [-0.25, -0.2) is 4.79 Å². The highest BCUT2D eigenvalue weighted by atomic mass is 31.2. The van der Waals surface area contributed by atoms with Gasteiger partial charge in [-0.2, -0.15) is 0 Å². The minimum atomic E-state index is -3.51. The molecule has 7 heteroatoms. The maximum atomic E-state index is 13.0. The van der Waals surface area contributed by atoms with Crippen molar-refractivity contribution in [2.24, 2.45) is 0 Å². The molecule has 0 unspecified atom stereocenters. The van der Waals surface area contributed by atoms with Crippen molar-refractivity contribution in [3.63, 3.8) is 0 Å². The van der Waals surface area contributed by atoms with Gasteiger partial charge in [0.1, 0.15) is 6.61 Å². The SMILES string of the molecule is CCOP(=O)(OCC)c1ccccc1NC(=O)OCc1ccccc1. The quantitative estimate of drug-likeness (QED) is 0.707. The molecule has 0 saturated carbocycles. The first kappa shape index (κ1) is 19.2. The van der Waals surface area contributed by atoms with Gasteiger partial charge in [0.25, 0.3) is 0 Å². The third-order valence-electron chi connectivity index (χ3n) is 3.25. The van der Waals surface area contributed by atoms with Crippen molar-refractivity contribution in [1.29, 1.82) is 0 Å². The van der Waals surface area contributed by atoms with Gasteiger partial charge in [-0.1, -0.05) is 42.5 Å². The van der Waals surface area contributed by atoms with Crippen molar-refractivity contribution in [1.82, 2.24) is 0 Å². The van der Waals surface area contributed by atoms with Crippen LogP contribution in [0.5, 0.6) is 0 Å². The van der Waals surface area contributed by atoms with E-state index in [0.717, 1.165) is 5.56 Å². The second-order valence-corrected chi connectivity index (χ2v) is 7.03. The maximum absolute atomic E-state index is 13.0. The summed E-state index contributed by atoms with van der Waals surface area (Å²) in [5, 5.41) is 2.91. The normalized spacial score (nSPS) is 11.1. The fourth-order valence-electron chi connectivity index (χ4n) is 2.20. The van der Waals surface area contributed by atoms with Crippen LogP contribution < -0.4 is 10.6 Å². The molecule has 6 nitrogen and oxygen atoms in total. The molecule has 0 saturated heterocycles. The summed E-state index contributed by atoms with van der Waals surface area (Å²) in [6, 6.07) is 16.0. The van der Waals surface area contributed by atoms with Crippen LogP contribution in [0.25, 0.3) is 0 Å². The average Bonchev–Trinajstić information content (AvgIpc) is 2.62. The monoisotopic (exact) mass is 363 g/mol. The van der Waals surface area contributed by atoms with E-state index in [1.165, 1.54) is 0 Å². The van der Waals surface area contributed by atoms with Gasteiger partial charge in [0.15, 0.2) is 0 Å². The number of rotatable bonds is 8. The molecular formula is C18H22NO5P. The average molecular weight is 363 g/mol. The highest BCUT2D eigenvalue weighted by Gasteiger charge is 2.30. The number of ether oxygens (including phenoxy) is 1. The highest BCUT2D eigenvalue weighted by Crippen LogP contribution is 2.48. The fraction of sp³-hybridized carbons (Fsp3) is 0.278. The Hall–Kier alpha value is -2.14. The van der Waals surface area contributed by atoms with Crippen LogP contribution in [0.1, 0.15) is 19.4 Å². The molecule has 2 aromatic carbocycles. The predicted molar refractivity (Wildman–Crippen MR) is 97.2 cm³/mol. The summed E-state index contributed by atoms with van der Waals surface area (Å²) in [6.45, 7) is 4.06. The van der Waals surface area contributed by atoms with Crippen LogP contribution in [-0.2, 0) is 25.0 Å². The summed E-state index contributed by atoms with van der Waals surface area (Å²) >= 11 is 0. The Labute approximate surface area is 147 Å². The number of hydrogen-bond acceptors (Lipinski definition) is 5. The molecule has 0 aliphatic rings. The largest absolute Gasteiger partial charge is 0.444 e. The molecule has 0 atom stereocenters. The molecule has 0 bridgehead atoms. The lowest BCUT2D eigenvalue weighted by atomic mass is 10.2. The van der Waals surface area contributed by atoms with Gasteiger partial charge in [-0.15, -0.1) is 0 Å². The van der Waals surface area contributed by atoms with Crippen LogP contribution in [-0.4, -0.2) is 19.3 Å². The van der Waals surface area contributed by atoms with Gasteiger partial charge >= 0.3 is 13.7 Å². The first-order valence-electron chi connectivity index (χ1n) is 8.05.